The number of carbonyl (C=O) groups is 2. The normalized spacial score (nSPS) is 14.7. The average molecular weight is 339 g/mol. The molecule has 0 aromatic heterocycles. The lowest BCUT2D eigenvalue weighted by molar-refractivity contribution is -0.151. The SMILES string of the molecule is CN(C)C(=O)COC(=O)CN(C)C1=NS(=O)(=O)c2ccccc21. The first-order chi connectivity index (χ1) is 10.7. The van der Waals surface area contributed by atoms with E-state index in [1.54, 1.807) is 32.3 Å². The number of hydrogen-bond acceptors (Lipinski definition) is 6. The number of likely N-dealkylation sites (N-methyl/N-ethyl adjacent to an activating group) is 2. The molecule has 9 heteroatoms. The van der Waals surface area contributed by atoms with Gasteiger partial charge in [-0.1, -0.05) is 12.1 Å². The number of ether oxygens (including phenoxy) is 1. The Morgan fingerprint density at radius 2 is 1.83 bits per heavy atom. The first-order valence-corrected chi connectivity index (χ1v) is 8.17. The van der Waals surface area contributed by atoms with Crippen LogP contribution in [0.3, 0.4) is 0 Å². The molecule has 0 unspecified atom stereocenters. The molecule has 0 radical (unpaired) electrons. The van der Waals surface area contributed by atoms with Crippen molar-refractivity contribution in [1.29, 1.82) is 0 Å². The molecule has 0 saturated heterocycles. The Kier molecular flexibility index (Phi) is 4.69. The van der Waals surface area contributed by atoms with Crippen LogP contribution < -0.4 is 0 Å². The summed E-state index contributed by atoms with van der Waals surface area (Å²) in [7, 11) is 0.900. The van der Waals surface area contributed by atoms with Gasteiger partial charge in [-0.15, -0.1) is 4.40 Å². The smallest absolute Gasteiger partial charge is 0.326 e. The van der Waals surface area contributed by atoms with Gasteiger partial charge in [0, 0.05) is 26.7 Å². The second kappa shape index (κ2) is 6.37. The summed E-state index contributed by atoms with van der Waals surface area (Å²) >= 11 is 0. The Bertz CT molecular complexity index is 770. The summed E-state index contributed by atoms with van der Waals surface area (Å²) in [5.41, 5.74) is 0.437. The van der Waals surface area contributed by atoms with Gasteiger partial charge in [0.2, 0.25) is 0 Å². The zero-order chi connectivity index (χ0) is 17.2. The van der Waals surface area contributed by atoms with Gasteiger partial charge >= 0.3 is 5.97 Å². The Labute approximate surface area is 134 Å². The van der Waals surface area contributed by atoms with Crippen molar-refractivity contribution in [2.24, 2.45) is 4.40 Å². The summed E-state index contributed by atoms with van der Waals surface area (Å²) in [6.45, 7) is -0.579. The summed E-state index contributed by atoms with van der Waals surface area (Å²) < 4.78 is 32.5. The van der Waals surface area contributed by atoms with Crippen molar-refractivity contribution in [3.8, 4) is 0 Å². The summed E-state index contributed by atoms with van der Waals surface area (Å²) in [5, 5.41) is 0. The van der Waals surface area contributed by atoms with Gasteiger partial charge in [-0.2, -0.15) is 8.42 Å². The minimum absolute atomic E-state index is 0.109. The molecule has 1 aliphatic heterocycles. The summed E-state index contributed by atoms with van der Waals surface area (Å²) in [6, 6.07) is 6.38. The van der Waals surface area contributed by atoms with Gasteiger partial charge in [0.15, 0.2) is 12.4 Å². The Morgan fingerprint density at radius 3 is 2.48 bits per heavy atom. The van der Waals surface area contributed by atoms with E-state index in [0.29, 0.717) is 5.56 Å². The van der Waals surface area contributed by atoms with Crippen LogP contribution >= 0.6 is 0 Å². The third-order valence-electron chi connectivity index (χ3n) is 3.20. The molecular weight excluding hydrogens is 322 g/mol. The van der Waals surface area contributed by atoms with Crippen molar-refractivity contribution >= 4 is 27.7 Å². The van der Waals surface area contributed by atoms with E-state index >= 15 is 0 Å². The fraction of sp³-hybridized carbons (Fsp3) is 0.357. The number of amidine groups is 1. The molecule has 0 spiro atoms. The number of benzene rings is 1. The largest absolute Gasteiger partial charge is 0.454 e. The molecule has 2 rings (SSSR count). The van der Waals surface area contributed by atoms with Crippen molar-refractivity contribution in [2.45, 2.75) is 4.90 Å². The van der Waals surface area contributed by atoms with Gasteiger partial charge in [-0.3, -0.25) is 9.59 Å². The molecule has 1 aromatic carbocycles. The topological polar surface area (TPSA) is 96.3 Å². The van der Waals surface area contributed by atoms with E-state index in [1.165, 1.54) is 22.9 Å². The molecule has 1 heterocycles. The highest BCUT2D eigenvalue weighted by Crippen LogP contribution is 2.26. The third kappa shape index (κ3) is 3.67. The molecule has 8 nitrogen and oxygen atoms in total. The van der Waals surface area contributed by atoms with E-state index < -0.39 is 16.0 Å². The number of rotatable bonds is 4. The first-order valence-electron chi connectivity index (χ1n) is 6.73. The van der Waals surface area contributed by atoms with E-state index in [4.69, 9.17) is 4.74 Å². The van der Waals surface area contributed by atoms with E-state index in [-0.39, 0.29) is 29.8 Å². The highest BCUT2D eigenvalue weighted by Gasteiger charge is 2.31. The molecule has 1 amide bonds. The van der Waals surface area contributed by atoms with Crippen LogP contribution in [0, 0.1) is 0 Å². The first kappa shape index (κ1) is 16.9. The van der Waals surface area contributed by atoms with Crippen LogP contribution in [0.1, 0.15) is 5.56 Å². The molecule has 0 saturated carbocycles. The number of esters is 1. The molecule has 0 bridgehead atoms. The van der Waals surface area contributed by atoms with Crippen LogP contribution in [0.15, 0.2) is 33.6 Å². The van der Waals surface area contributed by atoms with E-state index in [0.717, 1.165) is 0 Å². The molecule has 1 aliphatic rings. The molecule has 0 atom stereocenters. The van der Waals surface area contributed by atoms with E-state index in [1.807, 2.05) is 0 Å². The van der Waals surface area contributed by atoms with Gasteiger partial charge in [-0.05, 0) is 12.1 Å². The maximum Gasteiger partial charge on any atom is 0.326 e. The zero-order valence-corrected chi connectivity index (χ0v) is 13.8. The maximum absolute atomic E-state index is 12.0. The van der Waals surface area contributed by atoms with Crippen LogP contribution in [0.5, 0.6) is 0 Å². The van der Waals surface area contributed by atoms with Gasteiger partial charge in [0.05, 0.1) is 0 Å². The zero-order valence-electron chi connectivity index (χ0n) is 13.0. The number of carbonyl (C=O) groups excluding carboxylic acids is 2. The van der Waals surface area contributed by atoms with Crippen LogP contribution in [-0.2, 0) is 24.3 Å². The Balaban J connectivity index is 2.06. The number of fused-ring (bicyclic) bond motifs is 1. The summed E-state index contributed by atoms with van der Waals surface area (Å²) in [6.07, 6.45) is 0. The van der Waals surface area contributed by atoms with Crippen LogP contribution in [-0.4, -0.2) is 70.2 Å². The van der Waals surface area contributed by atoms with Crippen LogP contribution in [0.25, 0.3) is 0 Å². The second-order valence-corrected chi connectivity index (χ2v) is 6.76. The average Bonchev–Trinajstić information content (AvgIpc) is 2.77. The van der Waals surface area contributed by atoms with Crippen molar-refractivity contribution in [2.75, 3.05) is 34.3 Å². The van der Waals surface area contributed by atoms with E-state index in [2.05, 4.69) is 4.40 Å². The monoisotopic (exact) mass is 339 g/mol. The quantitative estimate of drug-likeness (QED) is 0.699. The highest BCUT2D eigenvalue weighted by atomic mass is 32.2. The number of sulfonamides is 1. The fourth-order valence-corrected chi connectivity index (χ4v) is 3.20. The number of amides is 1. The van der Waals surface area contributed by atoms with Crippen molar-refractivity contribution < 1.29 is 22.7 Å². The minimum Gasteiger partial charge on any atom is -0.454 e. The Morgan fingerprint density at radius 1 is 1.17 bits per heavy atom. The molecule has 0 aliphatic carbocycles. The fourth-order valence-electron chi connectivity index (χ4n) is 1.95. The lowest BCUT2D eigenvalue weighted by Crippen LogP contribution is -2.35. The lowest BCUT2D eigenvalue weighted by Gasteiger charge is -2.18. The van der Waals surface area contributed by atoms with Gasteiger partial charge in [0.1, 0.15) is 11.4 Å². The highest BCUT2D eigenvalue weighted by molar-refractivity contribution is 7.90. The lowest BCUT2D eigenvalue weighted by atomic mass is 10.2. The van der Waals surface area contributed by atoms with Crippen molar-refractivity contribution in [3.63, 3.8) is 0 Å². The predicted molar refractivity (Wildman–Crippen MR) is 82.4 cm³/mol. The van der Waals surface area contributed by atoms with Gasteiger partial charge in [0.25, 0.3) is 15.9 Å². The number of nitrogens with zero attached hydrogens (tertiary/aromatic N) is 3. The maximum atomic E-state index is 12.0. The minimum atomic E-state index is -3.74. The predicted octanol–water partition coefficient (Wildman–Crippen LogP) is -0.301. The third-order valence-corrected chi connectivity index (χ3v) is 4.52. The van der Waals surface area contributed by atoms with Gasteiger partial charge in [-0.25, -0.2) is 0 Å². The molecule has 1 aromatic rings. The standard InChI is InChI=1S/C14H17N3O5S/c1-16(2)12(18)9-22-13(19)8-17(3)14-10-6-4-5-7-11(10)23(20,21)15-14/h4-7H,8-9H2,1-3H3. The molecular formula is C14H17N3O5S. The summed E-state index contributed by atoms with van der Waals surface area (Å²) in [5.74, 6) is -0.809. The molecule has 0 fully saturated rings. The molecule has 23 heavy (non-hydrogen) atoms. The van der Waals surface area contributed by atoms with Crippen molar-refractivity contribution in [3.05, 3.63) is 29.8 Å². The summed E-state index contributed by atoms with van der Waals surface area (Å²) in [4.78, 5) is 25.9. The molecule has 124 valence electrons. The van der Waals surface area contributed by atoms with Crippen LogP contribution in [0.4, 0.5) is 0 Å². The van der Waals surface area contributed by atoms with Gasteiger partial charge < -0.3 is 14.5 Å². The van der Waals surface area contributed by atoms with Crippen molar-refractivity contribution in [1.82, 2.24) is 9.80 Å². The molecule has 0 N–H and O–H groups in total. The second-order valence-electron chi connectivity index (χ2n) is 5.19. The Hall–Kier alpha value is -2.42. The van der Waals surface area contributed by atoms with Crippen LogP contribution in [0.2, 0.25) is 0 Å². The van der Waals surface area contributed by atoms with E-state index in [9.17, 15) is 18.0 Å². The number of hydrogen-bond donors (Lipinski definition) is 0.